The van der Waals surface area contributed by atoms with E-state index in [1.54, 1.807) is 18.2 Å². The molecule has 0 spiro atoms. The van der Waals surface area contributed by atoms with E-state index in [9.17, 15) is 13.6 Å². The van der Waals surface area contributed by atoms with E-state index in [4.69, 9.17) is 5.11 Å². The minimum atomic E-state index is -1.11. The van der Waals surface area contributed by atoms with Crippen LogP contribution in [0.5, 0.6) is 0 Å². The summed E-state index contributed by atoms with van der Waals surface area (Å²) in [6, 6.07) is 7.94. The van der Waals surface area contributed by atoms with E-state index >= 15 is 0 Å². The van der Waals surface area contributed by atoms with Crippen LogP contribution in [0.2, 0.25) is 0 Å². The molecule has 0 saturated carbocycles. The average Bonchev–Trinajstić information content (AvgIpc) is 2.39. The first-order valence-electron chi connectivity index (χ1n) is 5.68. The Morgan fingerprint density at radius 2 is 2.00 bits per heavy atom. The topological polar surface area (TPSA) is 49.3 Å². The maximum absolute atomic E-state index is 13.5. The Bertz CT molecular complexity index is 662. The Kier molecular flexibility index (Phi) is 4.34. The van der Waals surface area contributed by atoms with Gasteiger partial charge in [-0.1, -0.05) is 6.07 Å². The zero-order valence-corrected chi connectivity index (χ0v) is 11.7. The van der Waals surface area contributed by atoms with Gasteiger partial charge in [-0.15, -0.1) is 0 Å². The van der Waals surface area contributed by atoms with Crippen molar-refractivity contribution in [3.8, 4) is 0 Å². The minimum Gasteiger partial charge on any atom is -0.478 e. The largest absolute Gasteiger partial charge is 0.478 e. The fourth-order valence-electron chi connectivity index (χ4n) is 1.76. The molecule has 3 nitrogen and oxygen atoms in total. The number of hydrogen-bond acceptors (Lipinski definition) is 2. The summed E-state index contributed by atoms with van der Waals surface area (Å²) in [5.74, 6) is -2.21. The van der Waals surface area contributed by atoms with Crippen LogP contribution in [-0.4, -0.2) is 11.1 Å². The molecule has 0 aromatic heterocycles. The molecule has 0 atom stereocenters. The van der Waals surface area contributed by atoms with Crippen LogP contribution in [-0.2, 0) is 6.54 Å². The van der Waals surface area contributed by atoms with Gasteiger partial charge < -0.3 is 10.4 Å². The number of carboxylic acid groups (broad SMARTS) is 1. The van der Waals surface area contributed by atoms with E-state index in [1.165, 1.54) is 0 Å². The summed E-state index contributed by atoms with van der Waals surface area (Å²) in [5, 5.41) is 11.9. The Morgan fingerprint density at radius 3 is 2.70 bits per heavy atom. The zero-order valence-electron chi connectivity index (χ0n) is 10.2. The molecule has 0 aliphatic heterocycles. The highest BCUT2D eigenvalue weighted by Gasteiger charge is 2.14. The molecule has 2 aromatic carbocycles. The number of carboxylic acids is 1. The van der Waals surface area contributed by atoms with Gasteiger partial charge >= 0.3 is 5.97 Å². The normalized spacial score (nSPS) is 10.3. The molecule has 0 amide bonds. The molecule has 0 aliphatic carbocycles. The van der Waals surface area contributed by atoms with Crippen LogP contribution < -0.4 is 5.32 Å². The maximum atomic E-state index is 13.5. The second-order valence-electron chi connectivity index (χ2n) is 4.06. The smallest absolute Gasteiger partial charge is 0.338 e. The van der Waals surface area contributed by atoms with Crippen molar-refractivity contribution in [3.63, 3.8) is 0 Å². The first-order valence-corrected chi connectivity index (χ1v) is 6.48. The minimum absolute atomic E-state index is 0.0136. The Balaban J connectivity index is 2.25. The number of anilines is 1. The van der Waals surface area contributed by atoms with Gasteiger partial charge in [0.05, 0.1) is 11.3 Å². The summed E-state index contributed by atoms with van der Waals surface area (Å²) in [7, 11) is 0. The Morgan fingerprint density at radius 1 is 1.25 bits per heavy atom. The number of aromatic carboxylic acids is 1. The van der Waals surface area contributed by atoms with Crippen molar-refractivity contribution in [3.05, 3.63) is 63.6 Å². The molecule has 6 heteroatoms. The number of rotatable bonds is 4. The van der Waals surface area contributed by atoms with Gasteiger partial charge in [0, 0.05) is 16.6 Å². The van der Waals surface area contributed by atoms with Crippen LogP contribution in [0.25, 0.3) is 0 Å². The average molecular weight is 342 g/mol. The molecular formula is C14H10BrF2NO2. The predicted molar refractivity (Wildman–Crippen MR) is 74.8 cm³/mol. The number of hydrogen-bond donors (Lipinski definition) is 2. The first-order chi connectivity index (χ1) is 9.49. The van der Waals surface area contributed by atoms with Crippen LogP contribution in [0.1, 0.15) is 15.9 Å². The van der Waals surface area contributed by atoms with E-state index in [1.807, 2.05) is 0 Å². The summed E-state index contributed by atoms with van der Waals surface area (Å²) in [6.45, 7) is -0.0136. The molecule has 0 heterocycles. The van der Waals surface area contributed by atoms with Gasteiger partial charge in [0.2, 0.25) is 0 Å². The van der Waals surface area contributed by atoms with Crippen LogP contribution >= 0.6 is 15.9 Å². The predicted octanol–water partition coefficient (Wildman–Crippen LogP) is 4.04. The van der Waals surface area contributed by atoms with Crippen molar-refractivity contribution in [1.29, 1.82) is 0 Å². The van der Waals surface area contributed by atoms with Gasteiger partial charge in [-0.05, 0) is 46.3 Å². The Labute approximate surface area is 122 Å². The van der Waals surface area contributed by atoms with Gasteiger partial charge in [-0.3, -0.25) is 0 Å². The highest BCUT2D eigenvalue weighted by Crippen LogP contribution is 2.25. The van der Waals surface area contributed by atoms with E-state index in [0.717, 1.165) is 18.2 Å². The van der Waals surface area contributed by atoms with E-state index in [-0.39, 0.29) is 17.7 Å². The van der Waals surface area contributed by atoms with Gasteiger partial charge in [0.15, 0.2) is 0 Å². The summed E-state index contributed by atoms with van der Waals surface area (Å²) in [4.78, 5) is 11.2. The van der Waals surface area contributed by atoms with Crippen molar-refractivity contribution < 1.29 is 18.7 Å². The number of benzene rings is 2. The number of nitrogens with one attached hydrogen (secondary N) is 1. The number of carbonyl (C=O) groups is 1. The van der Waals surface area contributed by atoms with Gasteiger partial charge in [0.1, 0.15) is 11.6 Å². The fourth-order valence-corrected chi connectivity index (χ4v) is 2.29. The second-order valence-corrected chi connectivity index (χ2v) is 4.91. The molecule has 0 bridgehead atoms. The summed E-state index contributed by atoms with van der Waals surface area (Å²) < 4.78 is 26.9. The molecule has 0 fully saturated rings. The van der Waals surface area contributed by atoms with Crippen LogP contribution in [0.4, 0.5) is 14.5 Å². The molecule has 2 N–H and O–H groups in total. The lowest BCUT2D eigenvalue weighted by atomic mass is 10.1. The first kappa shape index (κ1) is 14.5. The van der Waals surface area contributed by atoms with Crippen molar-refractivity contribution in [2.75, 3.05) is 5.32 Å². The van der Waals surface area contributed by atoms with Gasteiger partial charge in [-0.2, -0.15) is 0 Å². The Hall–Kier alpha value is -1.95. The van der Waals surface area contributed by atoms with Crippen LogP contribution in [0.15, 0.2) is 40.9 Å². The third-order valence-electron chi connectivity index (χ3n) is 2.70. The third-order valence-corrected chi connectivity index (χ3v) is 3.37. The molecule has 0 aliphatic rings. The van der Waals surface area contributed by atoms with Crippen LogP contribution in [0, 0.1) is 11.6 Å². The van der Waals surface area contributed by atoms with Crippen molar-refractivity contribution >= 4 is 27.6 Å². The van der Waals surface area contributed by atoms with Crippen molar-refractivity contribution in [1.82, 2.24) is 0 Å². The van der Waals surface area contributed by atoms with E-state index < -0.39 is 17.6 Å². The van der Waals surface area contributed by atoms with Gasteiger partial charge in [-0.25, -0.2) is 13.6 Å². The quantitative estimate of drug-likeness (QED) is 0.882. The standard InChI is InChI=1S/C14H10BrF2NO2/c15-10-2-1-3-12(13(10)14(19)20)18-7-8-6-9(16)4-5-11(8)17/h1-6,18H,7H2,(H,19,20). The second kappa shape index (κ2) is 6.00. The third kappa shape index (κ3) is 3.14. The highest BCUT2D eigenvalue weighted by atomic mass is 79.9. The fraction of sp³-hybridized carbons (Fsp3) is 0.0714. The molecule has 2 rings (SSSR count). The molecule has 0 unspecified atom stereocenters. The lowest BCUT2D eigenvalue weighted by Crippen LogP contribution is -2.08. The zero-order chi connectivity index (χ0) is 14.7. The molecule has 0 radical (unpaired) electrons. The summed E-state index contributed by atoms with van der Waals surface area (Å²) >= 11 is 3.15. The lowest BCUT2D eigenvalue weighted by molar-refractivity contribution is 0.0697. The lowest BCUT2D eigenvalue weighted by Gasteiger charge is -2.11. The van der Waals surface area contributed by atoms with Crippen LogP contribution in [0.3, 0.4) is 0 Å². The maximum Gasteiger partial charge on any atom is 0.338 e. The molecule has 2 aromatic rings. The van der Waals surface area contributed by atoms with E-state index in [0.29, 0.717) is 10.2 Å². The molecule has 0 saturated heterocycles. The van der Waals surface area contributed by atoms with Crippen molar-refractivity contribution in [2.24, 2.45) is 0 Å². The molecule has 20 heavy (non-hydrogen) atoms. The summed E-state index contributed by atoms with van der Waals surface area (Å²) in [5.41, 5.74) is 0.501. The monoisotopic (exact) mass is 341 g/mol. The highest BCUT2D eigenvalue weighted by molar-refractivity contribution is 9.10. The molecule has 104 valence electrons. The van der Waals surface area contributed by atoms with E-state index in [2.05, 4.69) is 21.2 Å². The molecular weight excluding hydrogens is 332 g/mol. The SMILES string of the molecule is O=C(O)c1c(Br)cccc1NCc1cc(F)ccc1F. The summed E-state index contributed by atoms with van der Waals surface area (Å²) in [6.07, 6.45) is 0. The van der Waals surface area contributed by atoms with Crippen molar-refractivity contribution in [2.45, 2.75) is 6.54 Å². The number of halogens is 3. The van der Waals surface area contributed by atoms with Gasteiger partial charge in [0.25, 0.3) is 0 Å².